The average Bonchev–Trinajstić information content (AvgIpc) is 2.29. The molecule has 78 valence electrons. The number of nitrogens with one attached hydrogen (secondary N) is 1. The predicted octanol–water partition coefficient (Wildman–Crippen LogP) is 2.46. The lowest BCUT2D eigenvalue weighted by atomic mass is 9.62. The van der Waals surface area contributed by atoms with Crippen molar-refractivity contribution in [3.63, 3.8) is 0 Å². The molecule has 0 spiro atoms. The summed E-state index contributed by atoms with van der Waals surface area (Å²) in [7, 11) is 0. The van der Waals surface area contributed by atoms with Gasteiger partial charge in [0, 0.05) is 11.6 Å². The lowest BCUT2D eigenvalue weighted by Gasteiger charge is -2.45. The van der Waals surface area contributed by atoms with Gasteiger partial charge in [0.1, 0.15) is 0 Å². The van der Waals surface area contributed by atoms with Gasteiger partial charge in [-0.05, 0) is 25.2 Å². The summed E-state index contributed by atoms with van der Waals surface area (Å²) in [5.74, 6) is 0.750. The summed E-state index contributed by atoms with van der Waals surface area (Å²) >= 11 is 0. The van der Waals surface area contributed by atoms with Crippen LogP contribution in [0.4, 0.5) is 0 Å². The molecule has 1 N–H and O–H groups in total. The van der Waals surface area contributed by atoms with E-state index in [-0.39, 0.29) is 16.7 Å². The van der Waals surface area contributed by atoms with Crippen LogP contribution in [0.1, 0.15) is 40.5 Å². The van der Waals surface area contributed by atoms with Gasteiger partial charge in [0.25, 0.3) is 0 Å². The Morgan fingerprint density at radius 2 is 2.07 bits per heavy atom. The Balaban J connectivity index is 2.51. The molecule has 2 aliphatic rings. The molecule has 1 saturated heterocycles. The molecule has 1 amide bonds. The molecule has 0 radical (unpaired) electrons. The zero-order valence-electron chi connectivity index (χ0n) is 9.48. The molecule has 2 fully saturated rings. The van der Waals surface area contributed by atoms with Crippen molar-refractivity contribution in [3.05, 3.63) is 11.8 Å². The van der Waals surface area contributed by atoms with E-state index < -0.39 is 0 Å². The van der Waals surface area contributed by atoms with Crippen molar-refractivity contribution in [1.82, 2.24) is 5.32 Å². The molecule has 2 nitrogen and oxygen atoms in total. The summed E-state index contributed by atoms with van der Waals surface area (Å²) < 4.78 is 0. The minimum absolute atomic E-state index is 0.108. The minimum Gasteiger partial charge on any atom is -0.329 e. The Hall–Kier alpha value is -0.790. The summed E-state index contributed by atoms with van der Waals surface area (Å²) in [4.78, 5) is 12.0. The number of hydrogen-bond acceptors (Lipinski definition) is 1. The summed E-state index contributed by atoms with van der Waals surface area (Å²) in [6.45, 7) is 8.57. The number of rotatable bonds is 0. The maximum atomic E-state index is 12.0. The Kier molecular flexibility index (Phi) is 1.82. The molecule has 2 rings (SSSR count). The van der Waals surface area contributed by atoms with Crippen LogP contribution in [0, 0.1) is 16.7 Å². The van der Waals surface area contributed by atoms with Gasteiger partial charge in [-0.15, -0.1) is 0 Å². The SMILES string of the molecule is CC=C1NC(=O)C2(C)CCC1C2(C)C. The van der Waals surface area contributed by atoms with Crippen LogP contribution in [0.15, 0.2) is 11.8 Å². The predicted molar refractivity (Wildman–Crippen MR) is 56.5 cm³/mol. The number of allylic oxidation sites excluding steroid dienone is 2. The van der Waals surface area contributed by atoms with E-state index in [1.165, 1.54) is 0 Å². The van der Waals surface area contributed by atoms with Crippen molar-refractivity contribution in [2.45, 2.75) is 40.5 Å². The molecule has 0 aromatic rings. The zero-order chi connectivity index (χ0) is 10.6. The molecule has 14 heavy (non-hydrogen) atoms. The third-order valence-corrected chi connectivity index (χ3v) is 4.67. The molecule has 1 heterocycles. The molecule has 1 saturated carbocycles. The first kappa shape index (κ1) is 9.75. The summed E-state index contributed by atoms with van der Waals surface area (Å²) in [6.07, 6.45) is 4.21. The summed E-state index contributed by atoms with van der Waals surface area (Å²) in [5, 5.41) is 3.05. The smallest absolute Gasteiger partial charge is 0.230 e. The van der Waals surface area contributed by atoms with Gasteiger partial charge < -0.3 is 5.32 Å². The van der Waals surface area contributed by atoms with Gasteiger partial charge in [-0.2, -0.15) is 0 Å². The van der Waals surface area contributed by atoms with Crippen molar-refractivity contribution >= 4 is 5.91 Å². The number of amides is 1. The standard InChI is InChI=1S/C12H19NO/c1-5-9-8-6-7-12(4,10(14)13-9)11(8,2)3/h5,8H,6-7H2,1-4H3,(H,13,14). The normalized spacial score (nSPS) is 42.7. The molecule has 0 aromatic heterocycles. The molecule has 2 atom stereocenters. The molecule has 1 aliphatic heterocycles. The van der Waals surface area contributed by atoms with Crippen LogP contribution in [-0.4, -0.2) is 5.91 Å². The van der Waals surface area contributed by atoms with Crippen molar-refractivity contribution in [1.29, 1.82) is 0 Å². The largest absolute Gasteiger partial charge is 0.329 e. The van der Waals surface area contributed by atoms with Gasteiger partial charge in [-0.1, -0.05) is 26.8 Å². The number of piperidine rings is 1. The van der Waals surface area contributed by atoms with Gasteiger partial charge in [0.15, 0.2) is 0 Å². The second-order valence-electron chi connectivity index (χ2n) is 5.34. The number of fused-ring (bicyclic) bond motifs is 2. The Morgan fingerprint density at radius 3 is 2.64 bits per heavy atom. The maximum absolute atomic E-state index is 12.0. The molecular formula is C12H19NO. The molecule has 2 unspecified atom stereocenters. The topological polar surface area (TPSA) is 29.1 Å². The van der Waals surface area contributed by atoms with Gasteiger partial charge >= 0.3 is 0 Å². The van der Waals surface area contributed by atoms with E-state index >= 15 is 0 Å². The second kappa shape index (κ2) is 2.62. The second-order valence-corrected chi connectivity index (χ2v) is 5.34. The first-order valence-corrected chi connectivity index (χ1v) is 5.41. The Labute approximate surface area is 85.8 Å². The van der Waals surface area contributed by atoms with Gasteiger partial charge in [-0.25, -0.2) is 0 Å². The lowest BCUT2D eigenvalue weighted by molar-refractivity contribution is -0.137. The van der Waals surface area contributed by atoms with E-state index in [4.69, 9.17) is 0 Å². The molecule has 2 bridgehead atoms. The fraction of sp³-hybridized carbons (Fsp3) is 0.750. The van der Waals surface area contributed by atoms with E-state index in [9.17, 15) is 4.79 Å². The third-order valence-electron chi connectivity index (χ3n) is 4.67. The molecule has 0 aromatic carbocycles. The first-order chi connectivity index (χ1) is 6.43. The zero-order valence-corrected chi connectivity index (χ0v) is 9.48. The van der Waals surface area contributed by atoms with Crippen LogP contribution in [0.2, 0.25) is 0 Å². The van der Waals surface area contributed by atoms with E-state index in [0.29, 0.717) is 5.92 Å². The van der Waals surface area contributed by atoms with Gasteiger partial charge in [0.05, 0.1) is 5.41 Å². The quantitative estimate of drug-likeness (QED) is 0.629. The third kappa shape index (κ3) is 0.891. The number of carbonyl (C=O) groups excluding carboxylic acids is 1. The molecular weight excluding hydrogens is 174 g/mol. The van der Waals surface area contributed by atoms with E-state index in [2.05, 4.69) is 32.2 Å². The van der Waals surface area contributed by atoms with Crippen LogP contribution >= 0.6 is 0 Å². The van der Waals surface area contributed by atoms with Crippen molar-refractivity contribution < 1.29 is 4.79 Å². The van der Waals surface area contributed by atoms with Crippen molar-refractivity contribution in [2.24, 2.45) is 16.7 Å². The monoisotopic (exact) mass is 193 g/mol. The van der Waals surface area contributed by atoms with Crippen LogP contribution in [0.3, 0.4) is 0 Å². The number of hydrogen-bond donors (Lipinski definition) is 1. The highest BCUT2D eigenvalue weighted by molar-refractivity contribution is 5.87. The van der Waals surface area contributed by atoms with Crippen LogP contribution in [0.5, 0.6) is 0 Å². The average molecular weight is 193 g/mol. The maximum Gasteiger partial charge on any atom is 0.230 e. The van der Waals surface area contributed by atoms with Crippen LogP contribution in [-0.2, 0) is 4.79 Å². The van der Waals surface area contributed by atoms with Gasteiger partial charge in [-0.3, -0.25) is 4.79 Å². The van der Waals surface area contributed by atoms with Crippen LogP contribution in [0.25, 0.3) is 0 Å². The van der Waals surface area contributed by atoms with Crippen molar-refractivity contribution in [2.75, 3.05) is 0 Å². The van der Waals surface area contributed by atoms with E-state index in [1.54, 1.807) is 0 Å². The first-order valence-electron chi connectivity index (χ1n) is 5.41. The molecule has 2 heteroatoms. The summed E-state index contributed by atoms with van der Waals surface area (Å²) in [5.41, 5.74) is 1.08. The van der Waals surface area contributed by atoms with E-state index in [1.807, 2.05) is 6.92 Å². The fourth-order valence-electron chi connectivity index (χ4n) is 3.08. The lowest BCUT2D eigenvalue weighted by Crippen LogP contribution is -2.53. The highest BCUT2D eigenvalue weighted by Gasteiger charge is 2.59. The Morgan fingerprint density at radius 1 is 1.43 bits per heavy atom. The fourth-order valence-corrected chi connectivity index (χ4v) is 3.08. The van der Waals surface area contributed by atoms with Crippen molar-refractivity contribution in [3.8, 4) is 0 Å². The van der Waals surface area contributed by atoms with E-state index in [0.717, 1.165) is 18.5 Å². The number of carbonyl (C=O) groups is 1. The highest BCUT2D eigenvalue weighted by Crippen LogP contribution is 2.60. The molecule has 1 aliphatic carbocycles. The Bertz CT molecular complexity index is 316. The van der Waals surface area contributed by atoms with Crippen LogP contribution < -0.4 is 5.32 Å². The highest BCUT2D eigenvalue weighted by atomic mass is 16.2. The summed E-state index contributed by atoms with van der Waals surface area (Å²) in [6, 6.07) is 0. The van der Waals surface area contributed by atoms with Gasteiger partial charge in [0.2, 0.25) is 5.91 Å². The minimum atomic E-state index is -0.163.